The normalized spacial score (nSPS) is 12.5. The van der Waals surface area contributed by atoms with Crippen molar-refractivity contribution in [1.29, 1.82) is 5.26 Å². The molecule has 4 rings (SSSR count). The van der Waals surface area contributed by atoms with Crippen molar-refractivity contribution in [3.8, 4) is 17.2 Å². The molecule has 8 heteroatoms. The van der Waals surface area contributed by atoms with E-state index < -0.39 is 0 Å². The molecule has 0 bridgehead atoms. The number of pyridine rings is 1. The number of amides is 1. The van der Waals surface area contributed by atoms with Crippen LogP contribution in [0.15, 0.2) is 77.7 Å². The Labute approximate surface area is 211 Å². The smallest absolute Gasteiger partial charge is 0.229 e. The van der Waals surface area contributed by atoms with Gasteiger partial charge in [0.15, 0.2) is 0 Å². The summed E-state index contributed by atoms with van der Waals surface area (Å²) in [4.78, 5) is 16.4. The highest BCUT2D eigenvalue weighted by Crippen LogP contribution is 2.25. The molecule has 1 aromatic carbocycles. The van der Waals surface area contributed by atoms with Gasteiger partial charge in [-0.15, -0.1) is 0 Å². The highest BCUT2D eigenvalue weighted by molar-refractivity contribution is 6.32. The number of halogens is 1. The van der Waals surface area contributed by atoms with E-state index in [2.05, 4.69) is 26.8 Å². The molecule has 0 aliphatic heterocycles. The third kappa shape index (κ3) is 8.21. The number of likely N-dealkylation sites (N-methyl/N-ethyl adjacent to an activating group) is 1. The van der Waals surface area contributed by atoms with E-state index in [1.54, 1.807) is 23.1 Å². The lowest BCUT2D eigenvalue weighted by Crippen LogP contribution is -2.13. The molecule has 35 heavy (non-hydrogen) atoms. The van der Waals surface area contributed by atoms with Crippen molar-refractivity contribution in [3.63, 3.8) is 0 Å². The molecule has 0 atom stereocenters. The summed E-state index contributed by atoms with van der Waals surface area (Å²) in [6.07, 6.45) is 12.5. The Kier molecular flexibility index (Phi) is 9.79. The van der Waals surface area contributed by atoms with E-state index in [9.17, 15) is 4.79 Å². The molecule has 0 spiro atoms. The first-order valence-corrected chi connectivity index (χ1v) is 11.8. The third-order valence-corrected chi connectivity index (χ3v) is 5.75. The predicted octanol–water partition coefficient (Wildman–Crippen LogP) is 4.97. The molecule has 0 saturated heterocycles. The number of rotatable bonds is 7. The molecular formula is C27H29ClN6O. The van der Waals surface area contributed by atoms with Gasteiger partial charge in [-0.1, -0.05) is 35.9 Å². The minimum absolute atomic E-state index is 0.119. The van der Waals surface area contributed by atoms with E-state index >= 15 is 0 Å². The van der Waals surface area contributed by atoms with Gasteiger partial charge in [0.1, 0.15) is 5.82 Å². The highest BCUT2D eigenvalue weighted by Gasteiger charge is 2.12. The Morgan fingerprint density at radius 2 is 1.89 bits per heavy atom. The maximum atomic E-state index is 12.1. The Morgan fingerprint density at radius 1 is 1.11 bits per heavy atom. The lowest BCUT2D eigenvalue weighted by molar-refractivity contribution is -0.115. The Morgan fingerprint density at radius 3 is 2.49 bits per heavy atom. The van der Waals surface area contributed by atoms with Crippen LogP contribution in [0.4, 0.5) is 5.82 Å². The summed E-state index contributed by atoms with van der Waals surface area (Å²) in [5, 5.41) is 19.2. The number of nitrogens with one attached hydrogen (secondary N) is 2. The molecule has 0 fully saturated rings. The van der Waals surface area contributed by atoms with Gasteiger partial charge in [-0.2, -0.15) is 10.4 Å². The van der Waals surface area contributed by atoms with Gasteiger partial charge in [0, 0.05) is 35.6 Å². The van der Waals surface area contributed by atoms with Gasteiger partial charge < -0.3 is 10.6 Å². The third-order valence-electron chi connectivity index (χ3n) is 5.35. The monoisotopic (exact) mass is 488 g/mol. The second-order valence-electron chi connectivity index (χ2n) is 8.08. The largest absolute Gasteiger partial charge is 0.319 e. The van der Waals surface area contributed by atoms with Gasteiger partial charge in [-0.25, -0.2) is 4.98 Å². The molecule has 0 saturated carbocycles. The number of hydrogen-bond acceptors (Lipinski definition) is 5. The van der Waals surface area contributed by atoms with Gasteiger partial charge in [0.05, 0.1) is 24.3 Å². The minimum atomic E-state index is -0.119. The van der Waals surface area contributed by atoms with Crippen LogP contribution < -0.4 is 10.6 Å². The van der Waals surface area contributed by atoms with Crippen LogP contribution in [0.5, 0.6) is 0 Å². The first-order chi connectivity index (χ1) is 17.0. The standard InChI is InChI=1S/C17H17ClN4O.C10H12N2/c1-22-11-14(10-20-22)13-6-7-16(19-9-13)21-17(23)8-12-4-2-3-5-15(12)18;1-12-7-6-9-2-4-10(8-11)5-3-9/h4-7,9-11H,2-3,8H2,1H3,(H,19,21,23);2-5,12H,6-7H2,1H3. The molecule has 1 amide bonds. The zero-order chi connectivity index (χ0) is 25.0. The van der Waals surface area contributed by atoms with E-state index in [1.807, 2.05) is 62.8 Å². The number of allylic oxidation sites excluding steroid dienone is 3. The van der Waals surface area contributed by atoms with Crippen LogP contribution in [-0.4, -0.2) is 34.3 Å². The summed E-state index contributed by atoms with van der Waals surface area (Å²) in [6.45, 7) is 0.978. The van der Waals surface area contributed by atoms with Crippen LogP contribution in [0, 0.1) is 11.3 Å². The lowest BCUT2D eigenvalue weighted by Gasteiger charge is -2.11. The first-order valence-electron chi connectivity index (χ1n) is 11.4. The second-order valence-corrected chi connectivity index (χ2v) is 8.49. The predicted molar refractivity (Wildman–Crippen MR) is 140 cm³/mol. The van der Waals surface area contributed by atoms with E-state index in [4.69, 9.17) is 16.9 Å². The molecule has 2 heterocycles. The average molecular weight is 489 g/mol. The Hall–Kier alpha value is -3.73. The van der Waals surface area contributed by atoms with Crippen LogP contribution in [0.3, 0.4) is 0 Å². The van der Waals surface area contributed by atoms with E-state index in [0.717, 1.165) is 48.1 Å². The maximum absolute atomic E-state index is 12.1. The highest BCUT2D eigenvalue weighted by atomic mass is 35.5. The molecule has 1 aliphatic rings. The van der Waals surface area contributed by atoms with Crippen molar-refractivity contribution < 1.29 is 4.79 Å². The lowest BCUT2D eigenvalue weighted by atomic mass is 10.0. The fourth-order valence-corrected chi connectivity index (χ4v) is 3.69. The zero-order valence-corrected chi connectivity index (χ0v) is 20.7. The van der Waals surface area contributed by atoms with Crippen LogP contribution in [0.1, 0.15) is 30.4 Å². The number of carbonyl (C=O) groups is 1. The molecule has 0 unspecified atom stereocenters. The van der Waals surface area contributed by atoms with Gasteiger partial charge in [-0.05, 0) is 68.3 Å². The van der Waals surface area contributed by atoms with Crippen molar-refractivity contribution in [3.05, 3.63) is 88.9 Å². The van der Waals surface area contributed by atoms with E-state index in [-0.39, 0.29) is 12.3 Å². The molecule has 1 aliphatic carbocycles. The minimum Gasteiger partial charge on any atom is -0.319 e. The number of carbonyl (C=O) groups excluding carboxylic acids is 1. The Bertz CT molecular complexity index is 1220. The molecule has 3 aromatic rings. The second kappa shape index (κ2) is 13.2. The Balaban J connectivity index is 0.000000241. The number of aromatic nitrogens is 3. The fraction of sp³-hybridized carbons (Fsp3) is 0.259. The van der Waals surface area contributed by atoms with Crippen molar-refractivity contribution in [2.24, 2.45) is 7.05 Å². The van der Waals surface area contributed by atoms with Crippen LogP contribution >= 0.6 is 11.6 Å². The van der Waals surface area contributed by atoms with Crippen LogP contribution in [0.25, 0.3) is 11.1 Å². The average Bonchev–Trinajstić information content (AvgIpc) is 3.31. The number of nitriles is 1. The quantitative estimate of drug-likeness (QED) is 0.489. The van der Waals surface area contributed by atoms with Gasteiger partial charge in [0.2, 0.25) is 5.91 Å². The zero-order valence-electron chi connectivity index (χ0n) is 20.0. The summed E-state index contributed by atoms with van der Waals surface area (Å²) >= 11 is 6.11. The van der Waals surface area contributed by atoms with Crippen LogP contribution in [0.2, 0.25) is 0 Å². The summed E-state index contributed by atoms with van der Waals surface area (Å²) in [7, 11) is 3.80. The summed E-state index contributed by atoms with van der Waals surface area (Å²) < 4.78 is 1.74. The van der Waals surface area contributed by atoms with Gasteiger partial charge in [0.25, 0.3) is 0 Å². The van der Waals surface area contributed by atoms with Gasteiger partial charge >= 0.3 is 0 Å². The molecule has 2 N–H and O–H groups in total. The molecular weight excluding hydrogens is 460 g/mol. The number of anilines is 1. The van der Waals surface area contributed by atoms with Crippen molar-refractivity contribution in [1.82, 2.24) is 20.1 Å². The molecule has 2 aromatic heterocycles. The number of aryl methyl sites for hydroxylation is 1. The summed E-state index contributed by atoms with van der Waals surface area (Å²) in [5.41, 5.74) is 4.81. The van der Waals surface area contributed by atoms with Crippen molar-refractivity contribution >= 4 is 23.3 Å². The van der Waals surface area contributed by atoms with Gasteiger partial charge in [-0.3, -0.25) is 9.48 Å². The van der Waals surface area contributed by atoms with E-state index in [1.165, 1.54) is 5.56 Å². The molecule has 180 valence electrons. The number of benzene rings is 1. The topological polar surface area (TPSA) is 95.6 Å². The van der Waals surface area contributed by atoms with Crippen LogP contribution in [-0.2, 0) is 18.3 Å². The van der Waals surface area contributed by atoms with E-state index in [0.29, 0.717) is 10.9 Å². The summed E-state index contributed by atoms with van der Waals surface area (Å²) in [6, 6.07) is 13.5. The number of hydrogen-bond donors (Lipinski definition) is 2. The fourth-order valence-electron chi connectivity index (χ4n) is 3.44. The molecule has 7 nitrogen and oxygen atoms in total. The van der Waals surface area contributed by atoms with Crippen molar-refractivity contribution in [2.45, 2.75) is 25.7 Å². The molecule has 0 radical (unpaired) electrons. The summed E-state index contributed by atoms with van der Waals surface area (Å²) in [5.74, 6) is 0.408. The maximum Gasteiger partial charge on any atom is 0.229 e. The van der Waals surface area contributed by atoms with Crippen molar-refractivity contribution in [2.75, 3.05) is 18.9 Å². The number of nitrogens with zero attached hydrogens (tertiary/aromatic N) is 4. The first kappa shape index (κ1) is 25.9. The SMILES string of the molecule is CNCCc1ccc(C#N)cc1.Cn1cc(-c2ccc(NC(=O)CC3=CCCC=C3Cl)nc2)cn1.